The Labute approximate surface area is 159 Å². The Hall–Kier alpha value is -1.70. The zero-order valence-electron chi connectivity index (χ0n) is 13.6. The van der Waals surface area contributed by atoms with Gasteiger partial charge < -0.3 is 10.1 Å². The number of anilines is 1. The van der Waals surface area contributed by atoms with Crippen molar-refractivity contribution in [2.45, 2.75) is 18.1 Å². The van der Waals surface area contributed by atoms with E-state index in [-0.39, 0.29) is 12.5 Å². The molecule has 3 rings (SSSR count). The minimum Gasteiger partial charge on any atom is -0.463 e. The monoisotopic (exact) mass is 398 g/mol. The van der Waals surface area contributed by atoms with Gasteiger partial charge in [-0.15, -0.1) is 16.7 Å². The number of rotatable bonds is 5. The van der Waals surface area contributed by atoms with Gasteiger partial charge in [0.05, 0.1) is 18.1 Å². The molecule has 1 atom stereocenters. The third kappa shape index (κ3) is 3.49. The standard InChI is InChI=1S/C16H16Cl2N4O2S/c1-3-24-14(23)12-11(8-17)19-15-20-16(25-2)21-22(15)13(12)9-4-6-10(18)7-5-9/h4-7,13H,3,8H2,1-2H3,(H,19,20,21). The number of halogens is 2. The van der Waals surface area contributed by atoms with Crippen LogP contribution in [0.25, 0.3) is 0 Å². The summed E-state index contributed by atoms with van der Waals surface area (Å²) in [7, 11) is 0. The molecule has 0 fully saturated rings. The quantitative estimate of drug-likeness (QED) is 0.470. The van der Waals surface area contributed by atoms with Crippen molar-refractivity contribution in [2.75, 3.05) is 24.1 Å². The van der Waals surface area contributed by atoms with Gasteiger partial charge in [0.1, 0.15) is 6.04 Å². The Balaban J connectivity index is 2.18. The molecule has 132 valence electrons. The molecule has 9 heteroatoms. The first-order chi connectivity index (χ1) is 12.1. The maximum Gasteiger partial charge on any atom is 0.338 e. The molecule has 25 heavy (non-hydrogen) atoms. The lowest BCUT2D eigenvalue weighted by Crippen LogP contribution is -2.31. The van der Waals surface area contributed by atoms with Crippen LogP contribution in [-0.2, 0) is 9.53 Å². The molecule has 6 nitrogen and oxygen atoms in total. The number of ether oxygens (including phenoxy) is 1. The summed E-state index contributed by atoms with van der Waals surface area (Å²) in [5, 5.41) is 8.81. The number of benzene rings is 1. The Morgan fingerprint density at radius 3 is 2.72 bits per heavy atom. The zero-order valence-corrected chi connectivity index (χ0v) is 16.0. The number of aromatic nitrogens is 3. The van der Waals surface area contributed by atoms with Crippen molar-refractivity contribution in [3.05, 3.63) is 46.1 Å². The molecule has 0 spiro atoms. The van der Waals surface area contributed by atoms with Crippen LogP contribution in [-0.4, -0.2) is 39.5 Å². The van der Waals surface area contributed by atoms with Crippen LogP contribution in [0.4, 0.5) is 5.95 Å². The van der Waals surface area contributed by atoms with Gasteiger partial charge in [0, 0.05) is 10.7 Å². The van der Waals surface area contributed by atoms with E-state index in [1.54, 1.807) is 23.7 Å². The van der Waals surface area contributed by atoms with E-state index >= 15 is 0 Å². The molecule has 0 amide bonds. The largest absolute Gasteiger partial charge is 0.463 e. The first-order valence-electron chi connectivity index (χ1n) is 7.58. The average molecular weight is 399 g/mol. The van der Waals surface area contributed by atoms with Crippen molar-refractivity contribution in [3.63, 3.8) is 0 Å². The summed E-state index contributed by atoms with van der Waals surface area (Å²) in [5.41, 5.74) is 1.83. The first-order valence-corrected chi connectivity index (χ1v) is 9.71. The van der Waals surface area contributed by atoms with Gasteiger partial charge in [0.2, 0.25) is 11.1 Å². The van der Waals surface area contributed by atoms with Crippen LogP contribution in [0.15, 0.2) is 40.7 Å². The van der Waals surface area contributed by atoms with Crippen molar-refractivity contribution in [2.24, 2.45) is 0 Å². The summed E-state index contributed by atoms with van der Waals surface area (Å²) in [5.74, 6) is 0.227. The van der Waals surface area contributed by atoms with Crippen molar-refractivity contribution < 1.29 is 9.53 Å². The third-order valence-corrected chi connectivity index (χ3v) is 4.77. The molecule has 1 unspecified atom stereocenters. The molecule has 1 N–H and O–H groups in total. The lowest BCUT2D eigenvalue weighted by atomic mass is 9.96. The van der Waals surface area contributed by atoms with Crippen LogP contribution in [0, 0.1) is 0 Å². The topological polar surface area (TPSA) is 69.0 Å². The SMILES string of the molecule is CCOC(=O)C1=C(CCl)Nc2nc(SC)nn2C1c1ccc(Cl)cc1. The molecular weight excluding hydrogens is 383 g/mol. The van der Waals surface area contributed by atoms with Crippen LogP contribution >= 0.6 is 35.0 Å². The highest BCUT2D eigenvalue weighted by Crippen LogP contribution is 2.37. The summed E-state index contributed by atoms with van der Waals surface area (Å²) >= 11 is 13.5. The maximum absolute atomic E-state index is 12.6. The summed E-state index contributed by atoms with van der Waals surface area (Å²) in [6, 6.07) is 6.76. The van der Waals surface area contributed by atoms with E-state index in [1.165, 1.54) is 11.8 Å². The second-order valence-electron chi connectivity index (χ2n) is 5.19. The van der Waals surface area contributed by atoms with Gasteiger partial charge in [-0.2, -0.15) is 4.98 Å². The number of alkyl halides is 1. The number of carbonyl (C=O) groups is 1. The number of fused-ring (bicyclic) bond motifs is 1. The van der Waals surface area contributed by atoms with Crippen molar-refractivity contribution in [1.29, 1.82) is 0 Å². The minimum absolute atomic E-state index is 0.125. The summed E-state index contributed by atoms with van der Waals surface area (Å²) in [6.07, 6.45) is 1.89. The van der Waals surface area contributed by atoms with Crippen LogP contribution in [0.3, 0.4) is 0 Å². The van der Waals surface area contributed by atoms with E-state index in [9.17, 15) is 4.79 Å². The summed E-state index contributed by atoms with van der Waals surface area (Å²) < 4.78 is 6.93. The fraction of sp³-hybridized carbons (Fsp3) is 0.312. The van der Waals surface area contributed by atoms with Crippen molar-refractivity contribution in [1.82, 2.24) is 14.8 Å². The highest BCUT2D eigenvalue weighted by molar-refractivity contribution is 7.98. The van der Waals surface area contributed by atoms with Crippen molar-refractivity contribution in [3.8, 4) is 0 Å². The van der Waals surface area contributed by atoms with E-state index < -0.39 is 12.0 Å². The van der Waals surface area contributed by atoms with Gasteiger partial charge in [0.25, 0.3) is 0 Å². The van der Waals surface area contributed by atoms with Crippen molar-refractivity contribution >= 4 is 46.9 Å². The molecule has 1 aromatic heterocycles. The highest BCUT2D eigenvalue weighted by atomic mass is 35.5. The number of carbonyl (C=O) groups excluding carboxylic acids is 1. The molecule has 2 aromatic rings. The van der Waals surface area contributed by atoms with Gasteiger partial charge in [-0.1, -0.05) is 35.5 Å². The second kappa shape index (κ2) is 7.68. The number of esters is 1. The summed E-state index contributed by atoms with van der Waals surface area (Å²) in [4.78, 5) is 17.1. The molecular formula is C16H16Cl2N4O2S. The second-order valence-corrected chi connectivity index (χ2v) is 6.67. The number of hydrogen-bond acceptors (Lipinski definition) is 6. The molecule has 2 heterocycles. The predicted molar refractivity (Wildman–Crippen MR) is 99.4 cm³/mol. The molecule has 1 aliphatic rings. The first kappa shape index (κ1) is 18.1. The Morgan fingerprint density at radius 1 is 1.40 bits per heavy atom. The number of nitrogens with zero attached hydrogens (tertiary/aromatic N) is 3. The number of hydrogen-bond donors (Lipinski definition) is 1. The maximum atomic E-state index is 12.6. The Bertz CT molecular complexity index is 820. The molecule has 0 bridgehead atoms. The molecule has 1 aliphatic heterocycles. The van der Waals surface area contributed by atoms with Crippen LogP contribution in [0.1, 0.15) is 18.5 Å². The smallest absolute Gasteiger partial charge is 0.338 e. The van der Waals surface area contributed by atoms with Gasteiger partial charge in [-0.05, 0) is 30.9 Å². The summed E-state index contributed by atoms with van der Waals surface area (Å²) in [6.45, 7) is 2.03. The number of thioether (sulfide) groups is 1. The zero-order chi connectivity index (χ0) is 18.0. The van der Waals surface area contributed by atoms with Gasteiger partial charge in [0.15, 0.2) is 0 Å². The number of allylic oxidation sites excluding steroid dienone is 1. The minimum atomic E-state index is -0.491. The fourth-order valence-corrected chi connectivity index (χ4v) is 3.33. The van der Waals surface area contributed by atoms with E-state index in [2.05, 4.69) is 15.4 Å². The van der Waals surface area contributed by atoms with Crippen LogP contribution in [0.2, 0.25) is 5.02 Å². The van der Waals surface area contributed by atoms with Crippen LogP contribution < -0.4 is 5.32 Å². The van der Waals surface area contributed by atoms with Gasteiger partial charge >= 0.3 is 5.97 Å². The molecule has 0 radical (unpaired) electrons. The third-order valence-electron chi connectivity index (χ3n) is 3.71. The fourth-order valence-electron chi connectivity index (χ4n) is 2.65. The van der Waals surface area contributed by atoms with E-state index in [4.69, 9.17) is 27.9 Å². The lowest BCUT2D eigenvalue weighted by Gasteiger charge is -2.28. The Morgan fingerprint density at radius 2 is 2.12 bits per heavy atom. The van der Waals surface area contributed by atoms with E-state index in [0.29, 0.717) is 27.4 Å². The average Bonchev–Trinajstić information content (AvgIpc) is 3.04. The molecule has 0 saturated carbocycles. The molecule has 0 saturated heterocycles. The Kier molecular flexibility index (Phi) is 5.56. The van der Waals surface area contributed by atoms with Gasteiger partial charge in [-0.3, -0.25) is 0 Å². The predicted octanol–water partition coefficient (Wildman–Crippen LogP) is 3.72. The van der Waals surface area contributed by atoms with Crippen LogP contribution in [0.5, 0.6) is 0 Å². The van der Waals surface area contributed by atoms with E-state index in [1.807, 2.05) is 18.4 Å². The molecule has 0 aliphatic carbocycles. The lowest BCUT2D eigenvalue weighted by molar-refractivity contribution is -0.139. The van der Waals surface area contributed by atoms with E-state index in [0.717, 1.165) is 5.56 Å². The van der Waals surface area contributed by atoms with Gasteiger partial charge in [-0.25, -0.2) is 9.48 Å². The highest BCUT2D eigenvalue weighted by Gasteiger charge is 2.36. The molecule has 1 aromatic carbocycles. The number of nitrogens with one attached hydrogen (secondary N) is 1. The normalized spacial score (nSPS) is 16.4.